The monoisotopic (exact) mass is 310 g/mol. The molecule has 0 amide bonds. The number of hydrogen-bond donors (Lipinski definition) is 2. The lowest BCUT2D eigenvalue weighted by Gasteiger charge is -2.09. The number of rotatable bonds is 6. The lowest BCUT2D eigenvalue weighted by molar-refractivity contribution is -0.134. The van der Waals surface area contributed by atoms with Gasteiger partial charge < -0.3 is 10.2 Å². The Morgan fingerprint density at radius 3 is 1.61 bits per heavy atom. The molecule has 23 heavy (non-hydrogen) atoms. The van der Waals surface area contributed by atoms with Crippen molar-refractivity contribution in [3.8, 4) is 0 Å². The molecule has 2 aromatic rings. The van der Waals surface area contributed by atoms with Crippen LogP contribution in [-0.2, 0) is 9.59 Å². The number of carboxylic acids is 2. The number of benzene rings is 2. The molecular weight excluding hydrogens is 296 g/mol. The van der Waals surface area contributed by atoms with Gasteiger partial charge in [-0.25, -0.2) is 9.59 Å². The van der Waals surface area contributed by atoms with Gasteiger partial charge in [-0.3, -0.25) is 4.79 Å². The van der Waals surface area contributed by atoms with Crippen molar-refractivity contribution in [3.05, 3.63) is 77.4 Å². The van der Waals surface area contributed by atoms with E-state index < -0.39 is 29.7 Å². The molecule has 0 spiro atoms. The van der Waals surface area contributed by atoms with E-state index in [-0.39, 0.29) is 11.1 Å². The Hall–Kier alpha value is -3.21. The molecule has 0 saturated heterocycles. The largest absolute Gasteiger partial charge is 0.478 e. The highest BCUT2D eigenvalue weighted by Gasteiger charge is 2.24. The van der Waals surface area contributed by atoms with E-state index in [1.54, 1.807) is 48.5 Å². The molecule has 0 atom stereocenters. The predicted molar refractivity (Wildman–Crippen MR) is 84.0 cm³/mol. The maximum atomic E-state index is 12.2. The molecule has 0 fully saturated rings. The first kappa shape index (κ1) is 16.2. The highest BCUT2D eigenvalue weighted by atomic mass is 16.4. The Kier molecular flexibility index (Phi) is 5.04. The van der Waals surface area contributed by atoms with Crippen LogP contribution in [0.3, 0.4) is 0 Å². The summed E-state index contributed by atoms with van der Waals surface area (Å²) in [6.45, 7) is 0. The molecule has 116 valence electrons. The van der Waals surface area contributed by atoms with Crippen LogP contribution < -0.4 is 0 Å². The molecule has 0 bridgehead atoms. The van der Waals surface area contributed by atoms with Crippen molar-refractivity contribution in [2.75, 3.05) is 0 Å². The third kappa shape index (κ3) is 3.91. The normalized spacial score (nSPS) is 11.5. The molecule has 0 aromatic heterocycles. The lowest BCUT2D eigenvalue weighted by atomic mass is 9.94. The summed E-state index contributed by atoms with van der Waals surface area (Å²) in [5, 5.41) is 18.8. The molecule has 0 radical (unpaired) electrons. The first-order chi connectivity index (χ1) is 11.0. The predicted octanol–water partition coefficient (Wildman–Crippen LogP) is 2.88. The molecule has 5 nitrogen and oxygen atoms in total. The zero-order valence-corrected chi connectivity index (χ0v) is 12.1. The molecule has 0 saturated carbocycles. The number of carboxylic acid groups (broad SMARTS) is 2. The molecule has 2 rings (SSSR count). The maximum absolute atomic E-state index is 12.2. The first-order valence-electron chi connectivity index (χ1n) is 6.84. The van der Waals surface area contributed by atoms with Crippen LogP contribution in [0.15, 0.2) is 66.2 Å². The fraction of sp³-hybridized carbons (Fsp3) is 0.0556. The van der Waals surface area contributed by atoms with E-state index in [0.29, 0.717) is 5.56 Å². The summed E-state index contributed by atoms with van der Waals surface area (Å²) in [6.07, 6.45) is -0.490. The van der Waals surface area contributed by atoms with Crippen LogP contribution in [0.2, 0.25) is 0 Å². The minimum atomic E-state index is -1.42. The van der Waals surface area contributed by atoms with Gasteiger partial charge in [0, 0.05) is 12.0 Å². The van der Waals surface area contributed by atoms with Crippen LogP contribution in [0, 0.1) is 0 Å². The molecule has 0 aliphatic heterocycles. The summed E-state index contributed by atoms with van der Waals surface area (Å²) < 4.78 is 0. The topological polar surface area (TPSA) is 91.7 Å². The molecule has 2 aromatic carbocycles. The van der Waals surface area contributed by atoms with Crippen LogP contribution in [0.4, 0.5) is 0 Å². The average Bonchev–Trinajstić information content (AvgIpc) is 2.55. The van der Waals surface area contributed by atoms with Gasteiger partial charge in [-0.15, -0.1) is 0 Å². The smallest absolute Gasteiger partial charge is 0.336 e. The van der Waals surface area contributed by atoms with E-state index >= 15 is 0 Å². The van der Waals surface area contributed by atoms with E-state index in [0.717, 1.165) is 0 Å². The summed E-state index contributed by atoms with van der Waals surface area (Å²) in [7, 11) is 0. The van der Waals surface area contributed by atoms with Crippen molar-refractivity contribution in [1.82, 2.24) is 0 Å². The van der Waals surface area contributed by atoms with Gasteiger partial charge >= 0.3 is 11.9 Å². The van der Waals surface area contributed by atoms with E-state index in [9.17, 15) is 24.6 Å². The van der Waals surface area contributed by atoms with Crippen molar-refractivity contribution in [2.24, 2.45) is 0 Å². The van der Waals surface area contributed by atoms with E-state index in [4.69, 9.17) is 0 Å². The summed E-state index contributed by atoms with van der Waals surface area (Å²) in [5.74, 6) is -3.25. The third-order valence-electron chi connectivity index (χ3n) is 3.27. The fourth-order valence-electron chi connectivity index (χ4n) is 2.19. The van der Waals surface area contributed by atoms with E-state index in [1.807, 2.05) is 0 Å². The van der Waals surface area contributed by atoms with Crippen LogP contribution in [0.5, 0.6) is 0 Å². The van der Waals surface area contributed by atoms with Crippen LogP contribution in [-0.4, -0.2) is 27.9 Å². The van der Waals surface area contributed by atoms with Crippen molar-refractivity contribution < 1.29 is 24.6 Å². The Bertz CT molecular complexity index is 761. The number of carbonyl (C=O) groups excluding carboxylic acids is 1. The molecule has 0 aliphatic carbocycles. The molecule has 0 heterocycles. The number of Topliss-reactive ketones (excluding diaryl/α,β-unsaturated/α-hetero) is 1. The molecular formula is C18H14O5. The summed E-state index contributed by atoms with van der Waals surface area (Å²) in [5.41, 5.74) is -0.220. The lowest BCUT2D eigenvalue weighted by Crippen LogP contribution is -2.14. The first-order valence-corrected chi connectivity index (χ1v) is 6.84. The molecule has 5 heteroatoms. The van der Waals surface area contributed by atoms with E-state index in [1.165, 1.54) is 12.1 Å². The Labute approximate surface area is 132 Å². The Morgan fingerprint density at radius 1 is 0.696 bits per heavy atom. The summed E-state index contributed by atoms with van der Waals surface area (Å²) in [4.78, 5) is 35.3. The number of ketones is 1. The van der Waals surface area contributed by atoms with Crippen molar-refractivity contribution in [2.45, 2.75) is 6.42 Å². The number of hydrogen-bond acceptors (Lipinski definition) is 3. The highest BCUT2D eigenvalue weighted by Crippen LogP contribution is 2.23. The minimum absolute atomic E-state index is 0.248. The SMILES string of the molecule is O=C(O)C(CC(=O)c1ccccc1)=C(C(=O)O)c1ccccc1. The second-order valence-corrected chi connectivity index (χ2v) is 4.80. The van der Waals surface area contributed by atoms with Crippen molar-refractivity contribution in [1.29, 1.82) is 0 Å². The second-order valence-electron chi connectivity index (χ2n) is 4.80. The zero-order chi connectivity index (χ0) is 16.8. The van der Waals surface area contributed by atoms with Gasteiger partial charge in [0.05, 0.1) is 11.1 Å². The van der Waals surface area contributed by atoms with Gasteiger partial charge in [-0.1, -0.05) is 60.7 Å². The fourth-order valence-corrected chi connectivity index (χ4v) is 2.19. The molecule has 2 N–H and O–H groups in total. The number of aliphatic carboxylic acids is 2. The van der Waals surface area contributed by atoms with Gasteiger partial charge in [-0.2, -0.15) is 0 Å². The van der Waals surface area contributed by atoms with Crippen molar-refractivity contribution >= 4 is 23.3 Å². The van der Waals surface area contributed by atoms with Crippen LogP contribution in [0.25, 0.3) is 5.57 Å². The van der Waals surface area contributed by atoms with Gasteiger partial charge in [0.15, 0.2) is 5.78 Å². The maximum Gasteiger partial charge on any atom is 0.336 e. The molecule has 0 unspecified atom stereocenters. The summed E-state index contributed by atoms with van der Waals surface area (Å²) in [6, 6.07) is 16.1. The van der Waals surface area contributed by atoms with E-state index in [2.05, 4.69) is 0 Å². The van der Waals surface area contributed by atoms with Crippen molar-refractivity contribution in [3.63, 3.8) is 0 Å². The second kappa shape index (κ2) is 7.17. The zero-order valence-electron chi connectivity index (χ0n) is 12.1. The van der Waals surface area contributed by atoms with Gasteiger partial charge in [0.2, 0.25) is 0 Å². The van der Waals surface area contributed by atoms with Gasteiger partial charge in [-0.05, 0) is 5.56 Å². The van der Waals surface area contributed by atoms with Crippen LogP contribution >= 0.6 is 0 Å². The Morgan fingerprint density at radius 2 is 1.17 bits per heavy atom. The van der Waals surface area contributed by atoms with Gasteiger partial charge in [0.1, 0.15) is 0 Å². The number of carbonyl (C=O) groups is 3. The highest BCUT2D eigenvalue weighted by molar-refractivity contribution is 6.23. The minimum Gasteiger partial charge on any atom is -0.478 e. The standard InChI is InChI=1S/C18H14O5/c19-15(12-7-3-1-4-8-12)11-14(17(20)21)16(18(22)23)13-9-5-2-6-10-13/h1-10H,11H2,(H,20,21)(H,22,23). The third-order valence-corrected chi connectivity index (χ3v) is 3.27. The average molecular weight is 310 g/mol. The quantitative estimate of drug-likeness (QED) is 0.632. The Balaban J connectivity index is 2.48. The summed E-state index contributed by atoms with van der Waals surface area (Å²) >= 11 is 0. The van der Waals surface area contributed by atoms with Gasteiger partial charge in [0.25, 0.3) is 0 Å². The van der Waals surface area contributed by atoms with Crippen LogP contribution in [0.1, 0.15) is 22.3 Å². The molecule has 0 aliphatic rings.